The maximum absolute atomic E-state index is 11.0. The zero-order valence-corrected chi connectivity index (χ0v) is 12.8. The first-order valence-corrected chi connectivity index (χ1v) is 7.59. The molecule has 0 aliphatic rings. The Morgan fingerprint density at radius 3 is 2.57 bits per heavy atom. The van der Waals surface area contributed by atoms with Gasteiger partial charge < -0.3 is 15.2 Å². The maximum atomic E-state index is 11.0. The first-order valence-electron chi connectivity index (χ1n) is 6.82. The molecule has 2 aromatic carbocycles. The van der Waals surface area contributed by atoms with E-state index in [0.717, 1.165) is 28.5 Å². The van der Waals surface area contributed by atoms with Crippen molar-refractivity contribution in [2.45, 2.75) is 6.61 Å². The highest BCUT2D eigenvalue weighted by Crippen LogP contribution is 2.25. The van der Waals surface area contributed by atoms with Crippen LogP contribution in [0, 0.1) is 0 Å². The van der Waals surface area contributed by atoms with Crippen molar-refractivity contribution in [3.05, 3.63) is 65.9 Å². The second kappa shape index (κ2) is 6.89. The lowest BCUT2D eigenvalue weighted by Gasteiger charge is -2.08. The van der Waals surface area contributed by atoms with Crippen LogP contribution in [0.4, 0.5) is 10.7 Å². The first kappa shape index (κ1) is 15.0. The molecule has 0 radical (unpaired) electrons. The van der Waals surface area contributed by atoms with Crippen LogP contribution in [-0.2, 0) is 6.61 Å². The summed E-state index contributed by atoms with van der Waals surface area (Å²) >= 11 is 1.00. The number of carboxylic acid groups (broad SMARTS) is 1. The quantitative estimate of drug-likeness (QED) is 0.720. The van der Waals surface area contributed by atoms with E-state index < -0.39 is 5.97 Å². The van der Waals surface area contributed by atoms with Gasteiger partial charge in [0.05, 0.1) is 0 Å². The van der Waals surface area contributed by atoms with E-state index in [1.54, 1.807) is 0 Å². The average Bonchev–Trinajstić information content (AvgIpc) is 3.04. The number of carboxylic acids is 1. The molecular formula is C16H13N3O3S. The van der Waals surface area contributed by atoms with Gasteiger partial charge in [0.15, 0.2) is 0 Å². The third kappa shape index (κ3) is 3.83. The maximum Gasteiger partial charge on any atom is 0.359 e. The third-order valence-electron chi connectivity index (χ3n) is 3.05. The minimum atomic E-state index is -1.11. The second-order valence-corrected chi connectivity index (χ2v) is 5.43. The zero-order valence-electron chi connectivity index (χ0n) is 12.0. The minimum absolute atomic E-state index is 0.0839. The van der Waals surface area contributed by atoms with E-state index >= 15 is 0 Å². The average molecular weight is 327 g/mol. The summed E-state index contributed by atoms with van der Waals surface area (Å²) in [6, 6.07) is 17.2. The molecule has 0 unspecified atom stereocenters. The van der Waals surface area contributed by atoms with Crippen molar-refractivity contribution in [2.75, 3.05) is 5.32 Å². The topological polar surface area (TPSA) is 84.3 Å². The molecule has 0 saturated carbocycles. The Labute approximate surface area is 136 Å². The lowest BCUT2D eigenvalue weighted by molar-refractivity contribution is 0.0691. The van der Waals surface area contributed by atoms with Gasteiger partial charge in [-0.15, -0.1) is 5.10 Å². The highest BCUT2D eigenvalue weighted by atomic mass is 32.1. The zero-order chi connectivity index (χ0) is 16.1. The van der Waals surface area contributed by atoms with Crippen molar-refractivity contribution in [3.8, 4) is 5.75 Å². The molecule has 116 valence electrons. The SMILES string of the molecule is O=C(O)c1nnsc1Nc1ccc(OCc2ccccc2)cc1. The summed E-state index contributed by atoms with van der Waals surface area (Å²) in [6.45, 7) is 0.496. The van der Waals surface area contributed by atoms with Crippen molar-refractivity contribution < 1.29 is 14.6 Å². The van der Waals surface area contributed by atoms with Crippen LogP contribution in [0.1, 0.15) is 16.1 Å². The molecule has 3 rings (SSSR count). The molecule has 23 heavy (non-hydrogen) atoms. The molecule has 3 aromatic rings. The van der Waals surface area contributed by atoms with Crippen LogP contribution in [0.25, 0.3) is 0 Å². The minimum Gasteiger partial charge on any atom is -0.489 e. The van der Waals surface area contributed by atoms with E-state index in [9.17, 15) is 4.79 Å². The van der Waals surface area contributed by atoms with Gasteiger partial charge in [-0.3, -0.25) is 0 Å². The van der Waals surface area contributed by atoms with E-state index in [1.807, 2.05) is 54.6 Å². The van der Waals surface area contributed by atoms with Crippen LogP contribution in [0.5, 0.6) is 5.75 Å². The Balaban J connectivity index is 1.63. The molecule has 7 heteroatoms. The normalized spacial score (nSPS) is 10.3. The number of nitrogens with zero attached hydrogens (tertiary/aromatic N) is 2. The van der Waals surface area contributed by atoms with Crippen LogP contribution in [-0.4, -0.2) is 20.7 Å². The van der Waals surface area contributed by atoms with Gasteiger partial charge >= 0.3 is 5.97 Å². The van der Waals surface area contributed by atoms with Crippen LogP contribution in [0.15, 0.2) is 54.6 Å². The van der Waals surface area contributed by atoms with Gasteiger partial charge in [-0.05, 0) is 29.8 Å². The van der Waals surface area contributed by atoms with E-state index in [2.05, 4.69) is 14.9 Å². The van der Waals surface area contributed by atoms with Crippen molar-refractivity contribution in [2.24, 2.45) is 0 Å². The number of aromatic nitrogens is 2. The van der Waals surface area contributed by atoms with Gasteiger partial charge in [-0.2, -0.15) is 0 Å². The number of carbonyl (C=O) groups is 1. The number of rotatable bonds is 6. The second-order valence-electron chi connectivity index (χ2n) is 4.68. The molecule has 2 N–H and O–H groups in total. The predicted octanol–water partition coefficient (Wildman–Crippen LogP) is 3.56. The van der Waals surface area contributed by atoms with Gasteiger partial charge in [0.25, 0.3) is 0 Å². The van der Waals surface area contributed by atoms with Gasteiger partial charge in [0.1, 0.15) is 17.4 Å². The summed E-state index contributed by atoms with van der Waals surface area (Å²) in [4.78, 5) is 11.0. The first-order chi connectivity index (χ1) is 11.2. The number of hydrogen-bond donors (Lipinski definition) is 2. The monoisotopic (exact) mass is 327 g/mol. The molecule has 6 nitrogen and oxygen atoms in total. The van der Waals surface area contributed by atoms with Crippen LogP contribution in [0.3, 0.4) is 0 Å². The van der Waals surface area contributed by atoms with Gasteiger partial charge in [-0.1, -0.05) is 34.8 Å². The van der Waals surface area contributed by atoms with E-state index in [-0.39, 0.29) is 5.69 Å². The molecule has 0 amide bonds. The van der Waals surface area contributed by atoms with Crippen LogP contribution in [0.2, 0.25) is 0 Å². The Morgan fingerprint density at radius 1 is 1.13 bits per heavy atom. The highest BCUT2D eigenvalue weighted by molar-refractivity contribution is 7.10. The van der Waals surface area contributed by atoms with Gasteiger partial charge in [-0.25, -0.2) is 4.79 Å². The van der Waals surface area contributed by atoms with Crippen molar-refractivity contribution in [3.63, 3.8) is 0 Å². The smallest absolute Gasteiger partial charge is 0.359 e. The van der Waals surface area contributed by atoms with Crippen LogP contribution >= 0.6 is 11.5 Å². The Bertz CT molecular complexity index is 788. The molecule has 0 saturated heterocycles. The van der Waals surface area contributed by atoms with E-state index in [1.165, 1.54) is 0 Å². The van der Waals surface area contributed by atoms with Crippen molar-refractivity contribution in [1.82, 2.24) is 9.59 Å². The molecule has 1 heterocycles. The fourth-order valence-electron chi connectivity index (χ4n) is 1.92. The Hall–Kier alpha value is -2.93. The molecule has 0 fully saturated rings. The standard InChI is InChI=1S/C16H13N3O3S/c20-16(21)14-15(23-19-18-14)17-12-6-8-13(9-7-12)22-10-11-4-2-1-3-5-11/h1-9,17H,10H2,(H,20,21). The van der Waals surface area contributed by atoms with Gasteiger partial charge in [0, 0.05) is 17.2 Å². The molecule has 0 spiro atoms. The molecular weight excluding hydrogens is 314 g/mol. The summed E-state index contributed by atoms with van der Waals surface area (Å²) in [5, 5.41) is 16.0. The van der Waals surface area contributed by atoms with Crippen molar-refractivity contribution in [1.29, 1.82) is 0 Å². The predicted molar refractivity (Wildman–Crippen MR) is 87.4 cm³/mol. The van der Waals surface area contributed by atoms with E-state index in [0.29, 0.717) is 11.6 Å². The summed E-state index contributed by atoms with van der Waals surface area (Å²) in [6.07, 6.45) is 0. The summed E-state index contributed by atoms with van der Waals surface area (Å²) in [5.74, 6) is -0.371. The number of anilines is 2. The third-order valence-corrected chi connectivity index (χ3v) is 3.69. The number of ether oxygens (including phenoxy) is 1. The molecule has 0 aliphatic heterocycles. The van der Waals surface area contributed by atoms with Gasteiger partial charge in [0.2, 0.25) is 5.69 Å². The molecule has 0 aliphatic carbocycles. The fourth-order valence-corrected chi connectivity index (χ4v) is 2.50. The fraction of sp³-hybridized carbons (Fsp3) is 0.0625. The largest absolute Gasteiger partial charge is 0.489 e. The summed E-state index contributed by atoms with van der Waals surface area (Å²) < 4.78 is 9.34. The van der Waals surface area contributed by atoms with Crippen molar-refractivity contribution >= 4 is 28.2 Å². The molecule has 0 bridgehead atoms. The summed E-state index contributed by atoms with van der Waals surface area (Å²) in [5.41, 5.74) is 1.75. The Kier molecular flexibility index (Phi) is 4.49. The molecule has 0 atom stereocenters. The van der Waals surface area contributed by atoms with Crippen LogP contribution < -0.4 is 10.1 Å². The number of benzene rings is 2. The summed E-state index contributed by atoms with van der Waals surface area (Å²) in [7, 11) is 0. The lowest BCUT2D eigenvalue weighted by Crippen LogP contribution is -2.01. The number of hydrogen-bond acceptors (Lipinski definition) is 6. The number of nitrogens with one attached hydrogen (secondary N) is 1. The highest BCUT2D eigenvalue weighted by Gasteiger charge is 2.15. The lowest BCUT2D eigenvalue weighted by atomic mass is 10.2. The Morgan fingerprint density at radius 2 is 1.87 bits per heavy atom. The molecule has 1 aromatic heterocycles. The number of aromatic carboxylic acids is 1. The van der Waals surface area contributed by atoms with E-state index in [4.69, 9.17) is 9.84 Å².